The highest BCUT2D eigenvalue weighted by Gasteiger charge is 2.32. The molecule has 0 saturated heterocycles. The lowest BCUT2D eigenvalue weighted by Crippen LogP contribution is -2.41. The highest BCUT2D eigenvalue weighted by Crippen LogP contribution is 2.36. The number of aliphatic hydroxyl groups is 2. The van der Waals surface area contributed by atoms with E-state index in [0.29, 0.717) is 57.6 Å². The van der Waals surface area contributed by atoms with Gasteiger partial charge in [0.05, 0.1) is 23.2 Å². The van der Waals surface area contributed by atoms with Crippen LogP contribution in [0.3, 0.4) is 0 Å². The fraction of sp³-hybridized carbons (Fsp3) is 0.265. The van der Waals surface area contributed by atoms with Gasteiger partial charge >= 0.3 is 0 Å². The SMILES string of the molecule is CCc1cc2c(cc1CC)CC(N(CC(O)c1ccc(OCc3ccccc3)c3[nH]c(=O)ccc13)CC(O)c1ccc(OCc3ccccc3)c3[nH]c(=O)ccc13)C2. The fourth-order valence-corrected chi connectivity index (χ4v) is 8.47. The summed E-state index contributed by atoms with van der Waals surface area (Å²) in [6.07, 6.45) is 1.56. The van der Waals surface area contributed by atoms with E-state index in [9.17, 15) is 19.8 Å². The van der Waals surface area contributed by atoms with Gasteiger partial charge in [0, 0.05) is 42.0 Å². The second-order valence-corrected chi connectivity index (χ2v) is 15.2. The fourth-order valence-electron chi connectivity index (χ4n) is 8.47. The van der Waals surface area contributed by atoms with Gasteiger partial charge in [0.1, 0.15) is 24.7 Å². The summed E-state index contributed by atoms with van der Waals surface area (Å²) in [5.41, 5.74) is 9.14. The van der Waals surface area contributed by atoms with Crippen molar-refractivity contribution in [2.24, 2.45) is 0 Å². The van der Waals surface area contributed by atoms with E-state index < -0.39 is 12.2 Å². The Morgan fingerprint density at radius 3 is 1.45 bits per heavy atom. The van der Waals surface area contributed by atoms with Gasteiger partial charge in [-0.05, 0) is 94.5 Å². The lowest BCUT2D eigenvalue weighted by atomic mass is 9.97. The van der Waals surface area contributed by atoms with E-state index in [1.165, 1.54) is 34.4 Å². The number of nitrogens with one attached hydrogen (secondary N) is 2. The van der Waals surface area contributed by atoms with Gasteiger partial charge in [-0.3, -0.25) is 14.5 Å². The number of aliphatic hydroxyl groups excluding tert-OH is 2. The predicted octanol–water partition coefficient (Wildman–Crippen LogP) is 7.89. The van der Waals surface area contributed by atoms with Gasteiger partial charge in [0.15, 0.2) is 0 Å². The zero-order chi connectivity index (χ0) is 40.2. The quantitative estimate of drug-likeness (QED) is 0.0835. The van der Waals surface area contributed by atoms with E-state index in [4.69, 9.17) is 9.47 Å². The van der Waals surface area contributed by atoms with Crippen LogP contribution in [0, 0.1) is 0 Å². The van der Waals surface area contributed by atoms with Crippen LogP contribution in [-0.2, 0) is 38.9 Å². The molecule has 0 aliphatic heterocycles. The van der Waals surface area contributed by atoms with Crippen LogP contribution in [0.2, 0.25) is 0 Å². The Balaban J connectivity index is 1.11. The third-order valence-corrected chi connectivity index (χ3v) is 11.5. The van der Waals surface area contributed by atoms with Crippen LogP contribution in [0.1, 0.15) is 70.6 Å². The largest absolute Gasteiger partial charge is 0.487 e. The molecule has 1 aliphatic carbocycles. The van der Waals surface area contributed by atoms with Crippen molar-refractivity contribution in [3.05, 3.63) is 187 Å². The predicted molar refractivity (Wildman–Crippen MR) is 229 cm³/mol. The Kier molecular flexibility index (Phi) is 11.5. The summed E-state index contributed by atoms with van der Waals surface area (Å²) >= 11 is 0. The molecule has 0 radical (unpaired) electrons. The number of hydrogen-bond acceptors (Lipinski definition) is 7. The van der Waals surface area contributed by atoms with Gasteiger partial charge in [-0.2, -0.15) is 0 Å². The molecule has 2 heterocycles. The van der Waals surface area contributed by atoms with E-state index in [0.717, 1.165) is 36.8 Å². The number of fused-ring (bicyclic) bond motifs is 3. The summed E-state index contributed by atoms with van der Waals surface area (Å²) in [7, 11) is 0. The third-order valence-electron chi connectivity index (χ3n) is 11.5. The number of rotatable bonds is 15. The lowest BCUT2D eigenvalue weighted by molar-refractivity contribution is 0.0470. The van der Waals surface area contributed by atoms with Gasteiger partial charge in [0.2, 0.25) is 11.1 Å². The maximum Gasteiger partial charge on any atom is 0.248 e. The first-order valence-corrected chi connectivity index (χ1v) is 20.2. The first-order chi connectivity index (χ1) is 28.3. The highest BCUT2D eigenvalue weighted by atomic mass is 16.5. The van der Waals surface area contributed by atoms with Crippen molar-refractivity contribution in [2.45, 2.75) is 71.0 Å². The van der Waals surface area contributed by atoms with Crippen molar-refractivity contribution in [2.75, 3.05) is 13.1 Å². The molecule has 0 saturated carbocycles. The summed E-state index contributed by atoms with van der Waals surface area (Å²) in [4.78, 5) is 33.3. The number of pyridine rings is 2. The van der Waals surface area contributed by atoms with Gasteiger partial charge in [-0.1, -0.05) is 98.8 Å². The van der Waals surface area contributed by atoms with Crippen LogP contribution in [0.5, 0.6) is 11.5 Å². The van der Waals surface area contributed by atoms with Gasteiger partial charge in [-0.25, -0.2) is 0 Å². The number of nitrogens with zero attached hydrogens (tertiary/aromatic N) is 1. The molecule has 0 spiro atoms. The van der Waals surface area contributed by atoms with Crippen LogP contribution >= 0.6 is 0 Å². The second-order valence-electron chi connectivity index (χ2n) is 15.2. The van der Waals surface area contributed by atoms with Crippen LogP contribution < -0.4 is 20.6 Å². The van der Waals surface area contributed by atoms with E-state index >= 15 is 0 Å². The molecule has 2 aromatic heterocycles. The van der Waals surface area contributed by atoms with Crippen molar-refractivity contribution < 1.29 is 19.7 Å². The van der Waals surface area contributed by atoms with Crippen LogP contribution in [0.4, 0.5) is 0 Å². The molecule has 9 nitrogen and oxygen atoms in total. The Labute approximate surface area is 337 Å². The standard InChI is InChI=1S/C49H49N3O6/c1-3-33-23-35-25-37(26-36(35)24-34(33)4-2)52(27-42(53)38-15-19-44(48-40(38)17-21-46(55)50-48)57-29-31-11-7-5-8-12-31)28-43(54)39-16-20-45(49-41(39)18-22-47(56)51-49)58-30-32-13-9-6-10-14-32/h5-24,37,42-43,53-54H,3-4,25-30H2,1-2H3,(H,50,55)(H,51,56). The van der Waals surface area contributed by atoms with Crippen LogP contribution in [-0.4, -0.2) is 44.2 Å². The molecule has 0 fully saturated rings. The Hall–Kier alpha value is -6.00. The van der Waals surface area contributed by atoms with Crippen molar-refractivity contribution in [1.29, 1.82) is 0 Å². The van der Waals surface area contributed by atoms with Gasteiger partial charge in [-0.15, -0.1) is 0 Å². The molecule has 5 aromatic carbocycles. The Bertz CT molecular complexity index is 2480. The molecule has 296 valence electrons. The molecule has 8 rings (SSSR count). The maximum atomic E-state index is 12.6. The monoisotopic (exact) mass is 775 g/mol. The number of H-pyrrole nitrogens is 2. The van der Waals surface area contributed by atoms with E-state index in [2.05, 4.69) is 40.8 Å². The minimum atomic E-state index is -0.966. The number of aromatic nitrogens is 2. The average molecular weight is 776 g/mol. The van der Waals surface area contributed by atoms with Crippen molar-refractivity contribution >= 4 is 21.8 Å². The lowest BCUT2D eigenvalue weighted by Gasteiger charge is -2.33. The normalized spacial score (nSPS) is 13.9. The summed E-state index contributed by atoms with van der Waals surface area (Å²) in [6, 6.07) is 38.1. The molecule has 4 N–H and O–H groups in total. The molecular weight excluding hydrogens is 727 g/mol. The van der Waals surface area contributed by atoms with Crippen LogP contribution in [0.15, 0.2) is 131 Å². The van der Waals surface area contributed by atoms with Gasteiger partial charge < -0.3 is 29.7 Å². The zero-order valence-corrected chi connectivity index (χ0v) is 32.9. The number of aromatic amines is 2. The van der Waals surface area contributed by atoms with Crippen molar-refractivity contribution in [3.8, 4) is 11.5 Å². The number of aryl methyl sites for hydroxylation is 2. The van der Waals surface area contributed by atoms with E-state index in [1.807, 2.05) is 72.8 Å². The molecule has 7 aromatic rings. The highest BCUT2D eigenvalue weighted by molar-refractivity contribution is 5.88. The minimum Gasteiger partial charge on any atom is -0.487 e. The summed E-state index contributed by atoms with van der Waals surface area (Å²) in [5.74, 6) is 1.04. The average Bonchev–Trinajstić information content (AvgIpc) is 3.67. The molecule has 58 heavy (non-hydrogen) atoms. The number of benzene rings is 5. The summed E-state index contributed by atoms with van der Waals surface area (Å²) < 4.78 is 12.4. The molecule has 1 aliphatic rings. The Morgan fingerprint density at radius 1 is 0.603 bits per heavy atom. The summed E-state index contributed by atoms with van der Waals surface area (Å²) in [6.45, 7) is 5.48. The van der Waals surface area contributed by atoms with Gasteiger partial charge in [0.25, 0.3) is 0 Å². The number of ether oxygens (including phenoxy) is 2. The van der Waals surface area contributed by atoms with Crippen LogP contribution in [0.25, 0.3) is 21.8 Å². The molecule has 2 atom stereocenters. The molecule has 0 amide bonds. The first-order valence-electron chi connectivity index (χ1n) is 20.2. The molecular formula is C49H49N3O6. The topological polar surface area (TPSA) is 128 Å². The zero-order valence-electron chi connectivity index (χ0n) is 32.9. The molecule has 2 unspecified atom stereocenters. The van der Waals surface area contributed by atoms with E-state index in [-0.39, 0.29) is 30.2 Å². The maximum absolute atomic E-state index is 12.6. The van der Waals surface area contributed by atoms with Crippen molar-refractivity contribution in [3.63, 3.8) is 0 Å². The second kappa shape index (κ2) is 17.2. The third kappa shape index (κ3) is 8.34. The summed E-state index contributed by atoms with van der Waals surface area (Å²) in [5, 5.41) is 25.7. The van der Waals surface area contributed by atoms with E-state index in [1.54, 1.807) is 24.3 Å². The number of hydrogen-bond donors (Lipinski definition) is 4. The Morgan fingerprint density at radius 2 is 1.03 bits per heavy atom. The minimum absolute atomic E-state index is 0.00946. The smallest absolute Gasteiger partial charge is 0.248 e. The molecule has 0 bridgehead atoms. The molecule has 9 heteroatoms. The first kappa shape index (κ1) is 38.9. The van der Waals surface area contributed by atoms with Crippen molar-refractivity contribution in [1.82, 2.24) is 14.9 Å².